The highest BCUT2D eigenvalue weighted by Gasteiger charge is 2.10. The van der Waals surface area contributed by atoms with E-state index in [1.165, 1.54) is 12.3 Å². The van der Waals surface area contributed by atoms with Crippen molar-refractivity contribution in [2.75, 3.05) is 0 Å². The molecule has 0 aromatic rings. The lowest BCUT2D eigenvalue weighted by Crippen LogP contribution is -2.12. The Morgan fingerprint density at radius 1 is 1.70 bits per heavy atom. The summed E-state index contributed by atoms with van der Waals surface area (Å²) in [6, 6.07) is 0. The van der Waals surface area contributed by atoms with Crippen molar-refractivity contribution in [2.24, 2.45) is 5.73 Å². The van der Waals surface area contributed by atoms with Crippen LogP contribution in [0.1, 0.15) is 0 Å². The molecule has 0 aromatic carbocycles. The Labute approximate surface area is 58.1 Å². The maximum atomic E-state index is 9.84. The minimum Gasteiger partial charge on any atom is -0.398 e. The molecule has 2 N–H and O–H groups in total. The second kappa shape index (κ2) is 2.82. The first kappa shape index (κ1) is 6.54. The molecule has 1 rings (SSSR count). The summed E-state index contributed by atoms with van der Waals surface area (Å²) in [7, 11) is 0. The third-order valence-electron chi connectivity index (χ3n) is 0.955. The third-order valence-corrected chi connectivity index (χ3v) is 0.955. The van der Waals surface area contributed by atoms with E-state index in [9.17, 15) is 4.79 Å². The van der Waals surface area contributed by atoms with E-state index in [1.54, 1.807) is 6.08 Å². The van der Waals surface area contributed by atoms with E-state index in [1.807, 2.05) is 0 Å². The lowest BCUT2D eigenvalue weighted by molar-refractivity contribution is -0.109. The van der Waals surface area contributed by atoms with Crippen LogP contribution in [0.2, 0.25) is 0 Å². The highest BCUT2D eigenvalue weighted by atomic mass is 16.1. The van der Waals surface area contributed by atoms with Gasteiger partial charge in [-0.2, -0.15) is 0 Å². The highest BCUT2D eigenvalue weighted by molar-refractivity contribution is 5.74. The summed E-state index contributed by atoms with van der Waals surface area (Å²) < 4.78 is 0. The first-order valence-electron chi connectivity index (χ1n) is 2.69. The topological polar surface area (TPSA) is 71.3 Å². The normalized spacial score (nSPS) is 15.6. The molecule has 1 aliphatic heterocycles. The smallest absolute Gasteiger partial charge is 0.369 e. The minimum absolute atomic E-state index is 0.343. The van der Waals surface area contributed by atoms with Gasteiger partial charge < -0.3 is 5.73 Å². The molecule has 0 saturated heterocycles. The van der Waals surface area contributed by atoms with Crippen molar-refractivity contribution in [1.29, 1.82) is 0 Å². The van der Waals surface area contributed by atoms with Gasteiger partial charge in [-0.3, -0.25) is 0 Å². The first-order chi connectivity index (χ1) is 4.83. The number of rotatable bonds is 2. The van der Waals surface area contributed by atoms with Gasteiger partial charge in [0.2, 0.25) is 0 Å². The molecule has 0 saturated carbocycles. The summed E-state index contributed by atoms with van der Waals surface area (Å²) in [4.78, 5) is 13.6. The van der Waals surface area contributed by atoms with Crippen molar-refractivity contribution in [3.8, 4) is 0 Å². The zero-order valence-corrected chi connectivity index (χ0v) is 5.19. The fraction of sp³-hybridized carbons (Fsp3) is 0. The molecule has 50 valence electrons. The van der Waals surface area contributed by atoms with Crippen LogP contribution in [0.5, 0.6) is 0 Å². The number of carbonyl (C=O) groups excluding carboxylic acids is 1. The van der Waals surface area contributed by atoms with E-state index < -0.39 is 0 Å². The van der Waals surface area contributed by atoms with Crippen LogP contribution < -0.4 is 16.0 Å². The molecule has 0 aliphatic carbocycles. The molecule has 4 heteroatoms. The fourth-order valence-electron chi connectivity index (χ4n) is 0.559. The van der Waals surface area contributed by atoms with Crippen LogP contribution in [0.4, 0.5) is 0 Å². The summed E-state index contributed by atoms with van der Waals surface area (Å²) in [5.41, 5.74) is 5.92. The maximum absolute atomic E-state index is 9.84. The minimum atomic E-state index is 0.343. The molecule has 0 unspecified atom stereocenters. The number of nitrogens with two attached hydrogens (primary N) is 1. The number of allylic oxidation sites excluding steroid dienone is 2. The van der Waals surface area contributed by atoms with Gasteiger partial charge in [-0.25, -0.2) is 4.79 Å². The average Bonchev–Trinajstić information content (AvgIpc) is 1.88. The lowest BCUT2D eigenvalue weighted by atomic mass is 10.3. The van der Waals surface area contributed by atoms with Crippen LogP contribution >= 0.6 is 0 Å². The Morgan fingerprint density at radius 2 is 2.50 bits per heavy atom. The van der Waals surface area contributed by atoms with E-state index in [0.717, 1.165) is 0 Å². The average molecular weight is 136 g/mol. The third kappa shape index (κ3) is 1.45. The standard InChI is InChI=1S/C6H6N3O/c7-5-1-2-8-6(3-5)9-4-10/h1-4H,7H2/q+1. The van der Waals surface area contributed by atoms with Gasteiger partial charge in [0.1, 0.15) is 6.21 Å². The van der Waals surface area contributed by atoms with Crippen LogP contribution in [0.15, 0.2) is 23.7 Å². The van der Waals surface area contributed by atoms with Gasteiger partial charge in [-0.1, -0.05) is 0 Å². The number of carbonyl (C=O) groups is 1. The monoisotopic (exact) mass is 136 g/mol. The van der Waals surface area contributed by atoms with Gasteiger partial charge >= 0.3 is 12.2 Å². The molecule has 10 heavy (non-hydrogen) atoms. The van der Waals surface area contributed by atoms with E-state index in [2.05, 4.69) is 10.3 Å². The summed E-state index contributed by atoms with van der Waals surface area (Å²) in [6.45, 7) is 0. The van der Waals surface area contributed by atoms with Gasteiger partial charge in [-0.05, 0) is 10.3 Å². The van der Waals surface area contributed by atoms with E-state index >= 15 is 0 Å². The fourth-order valence-corrected chi connectivity index (χ4v) is 0.559. The van der Waals surface area contributed by atoms with Crippen molar-refractivity contribution >= 4 is 12.6 Å². The summed E-state index contributed by atoms with van der Waals surface area (Å²) in [5, 5.41) is 3.40. The molecule has 0 aromatic heterocycles. The largest absolute Gasteiger partial charge is 0.398 e. The Kier molecular flexibility index (Phi) is 1.84. The van der Waals surface area contributed by atoms with Gasteiger partial charge in [0.05, 0.1) is 6.08 Å². The van der Waals surface area contributed by atoms with Gasteiger partial charge in [-0.15, -0.1) is 0 Å². The van der Waals surface area contributed by atoms with Crippen molar-refractivity contribution < 1.29 is 4.79 Å². The molecule has 1 amide bonds. The van der Waals surface area contributed by atoms with Crippen LogP contribution in [0, 0.1) is 0 Å². The lowest BCUT2D eigenvalue weighted by Gasteiger charge is -1.89. The second-order valence-corrected chi connectivity index (χ2v) is 1.68. The van der Waals surface area contributed by atoms with Crippen LogP contribution in [-0.2, 0) is 4.79 Å². The van der Waals surface area contributed by atoms with E-state index in [-0.39, 0.29) is 0 Å². The second-order valence-electron chi connectivity index (χ2n) is 1.68. The molecule has 0 spiro atoms. The van der Waals surface area contributed by atoms with Crippen molar-refractivity contribution in [3.63, 3.8) is 0 Å². The van der Waals surface area contributed by atoms with Gasteiger partial charge in [0.15, 0.2) is 0 Å². The van der Waals surface area contributed by atoms with Crippen molar-refractivity contribution in [2.45, 2.75) is 0 Å². The molecule has 1 heterocycles. The Bertz CT molecular complexity index is 227. The molecule has 0 atom stereocenters. The number of amides is 1. The van der Waals surface area contributed by atoms with Crippen molar-refractivity contribution in [1.82, 2.24) is 10.3 Å². The van der Waals surface area contributed by atoms with Gasteiger partial charge in [0.25, 0.3) is 0 Å². The molecular formula is C6H6N3O+. The number of aliphatic imine (C=N–C) groups is 1. The first-order valence-corrected chi connectivity index (χ1v) is 2.69. The zero-order chi connectivity index (χ0) is 7.40. The molecule has 1 aliphatic rings. The molecule has 2 radical (unpaired) electrons. The van der Waals surface area contributed by atoms with Crippen LogP contribution in [-0.4, -0.2) is 12.6 Å². The number of hydrogen-bond donors (Lipinski definition) is 1. The maximum Gasteiger partial charge on any atom is 0.369 e. The quantitative estimate of drug-likeness (QED) is 0.487. The predicted octanol–water partition coefficient (Wildman–Crippen LogP) is -1.15. The van der Waals surface area contributed by atoms with Crippen LogP contribution in [0.3, 0.4) is 0 Å². The molecule has 0 bridgehead atoms. The highest BCUT2D eigenvalue weighted by Crippen LogP contribution is 1.93. The van der Waals surface area contributed by atoms with Gasteiger partial charge in [0, 0.05) is 11.8 Å². The Morgan fingerprint density at radius 3 is 3.10 bits per heavy atom. The molecular weight excluding hydrogens is 130 g/mol. The summed E-state index contributed by atoms with van der Waals surface area (Å²) in [5.74, 6) is 0.343. The number of hydrogen-bond acceptors (Lipinski definition) is 3. The summed E-state index contributed by atoms with van der Waals surface area (Å²) in [6.07, 6.45) is 5.08. The van der Waals surface area contributed by atoms with Crippen LogP contribution in [0.25, 0.3) is 0 Å². The predicted molar refractivity (Wildman–Crippen MR) is 36.7 cm³/mol. The molecule has 4 nitrogen and oxygen atoms in total. The summed E-state index contributed by atoms with van der Waals surface area (Å²) >= 11 is 0. The zero-order valence-electron chi connectivity index (χ0n) is 5.19. The molecule has 0 fully saturated rings. The Balaban J connectivity index is 2.71. The number of nitrogens with zero attached hydrogens (tertiary/aromatic N) is 2. The van der Waals surface area contributed by atoms with E-state index in [0.29, 0.717) is 17.9 Å². The Hall–Kier alpha value is -1.58. The van der Waals surface area contributed by atoms with E-state index in [4.69, 9.17) is 5.73 Å². The SMILES string of the molecule is NC1=CC=[N+]C([N]C=O)=C1. The van der Waals surface area contributed by atoms with Crippen molar-refractivity contribution in [3.05, 3.63) is 23.7 Å².